The smallest absolute Gasteiger partial charge is 0.139 e. The van der Waals surface area contributed by atoms with Crippen molar-refractivity contribution in [1.82, 2.24) is 0 Å². The van der Waals surface area contributed by atoms with Crippen molar-refractivity contribution in [2.24, 2.45) is 5.92 Å². The largest absolute Gasteiger partial charge is 0.380 e. The maximum atomic E-state index is 11.3. The third kappa shape index (κ3) is 3.52. The van der Waals surface area contributed by atoms with Crippen LogP contribution in [0.2, 0.25) is 0 Å². The maximum Gasteiger partial charge on any atom is 0.139 e. The van der Waals surface area contributed by atoms with E-state index in [0.29, 0.717) is 6.42 Å². The van der Waals surface area contributed by atoms with Crippen LogP contribution in [-0.4, -0.2) is 17.0 Å². The zero-order valence-electron chi connectivity index (χ0n) is 9.60. The predicted octanol–water partition coefficient (Wildman–Crippen LogP) is 2.01. The van der Waals surface area contributed by atoms with Crippen LogP contribution in [-0.2, 0) is 4.79 Å². The van der Waals surface area contributed by atoms with Gasteiger partial charge in [0, 0.05) is 12.0 Å². The van der Waals surface area contributed by atoms with Crippen LogP contribution in [0.25, 0.3) is 0 Å². The molecule has 0 aromatic heterocycles. The summed E-state index contributed by atoms with van der Waals surface area (Å²) in [7, 11) is 0. The Hall–Kier alpha value is -1.59. The van der Waals surface area contributed by atoms with E-state index in [1.54, 1.807) is 13.8 Å². The van der Waals surface area contributed by atoms with Crippen molar-refractivity contribution < 1.29 is 9.90 Å². The molecule has 0 amide bonds. The summed E-state index contributed by atoms with van der Waals surface area (Å²) in [5.74, 6) is 5.17. The molecule has 84 valence electrons. The molecular formula is C14H16O2. The first kappa shape index (κ1) is 12.5. The molecular weight excluding hydrogens is 200 g/mol. The summed E-state index contributed by atoms with van der Waals surface area (Å²) >= 11 is 0. The second-order valence-corrected chi connectivity index (χ2v) is 3.69. The molecule has 1 N–H and O–H groups in total. The highest BCUT2D eigenvalue weighted by Gasteiger charge is 2.17. The lowest BCUT2D eigenvalue weighted by Crippen LogP contribution is -2.23. The van der Waals surface area contributed by atoms with E-state index in [9.17, 15) is 9.90 Å². The molecule has 0 heterocycles. The number of aliphatic hydroxyl groups is 1. The van der Waals surface area contributed by atoms with E-state index < -0.39 is 12.0 Å². The molecule has 0 aliphatic heterocycles. The quantitative estimate of drug-likeness (QED) is 0.785. The lowest BCUT2D eigenvalue weighted by Gasteiger charge is -2.10. The topological polar surface area (TPSA) is 37.3 Å². The van der Waals surface area contributed by atoms with Crippen molar-refractivity contribution in [3.05, 3.63) is 35.9 Å². The number of Topliss-reactive ketones (excluding diaryl/α,β-unsaturated/α-hetero) is 1. The number of carbonyl (C=O) groups is 1. The van der Waals surface area contributed by atoms with Gasteiger partial charge in [-0.2, -0.15) is 0 Å². The maximum absolute atomic E-state index is 11.3. The summed E-state index contributed by atoms with van der Waals surface area (Å²) in [5, 5.41) is 9.69. The zero-order chi connectivity index (χ0) is 12.0. The van der Waals surface area contributed by atoms with Crippen molar-refractivity contribution in [1.29, 1.82) is 0 Å². The van der Waals surface area contributed by atoms with Gasteiger partial charge < -0.3 is 5.11 Å². The van der Waals surface area contributed by atoms with E-state index in [-0.39, 0.29) is 5.78 Å². The molecule has 2 atom stereocenters. The molecule has 1 aromatic carbocycles. The Bertz CT molecular complexity index is 398. The molecule has 1 aromatic rings. The van der Waals surface area contributed by atoms with E-state index in [4.69, 9.17) is 0 Å². The van der Waals surface area contributed by atoms with Gasteiger partial charge in [0.2, 0.25) is 0 Å². The minimum atomic E-state index is -0.882. The third-order valence-corrected chi connectivity index (χ3v) is 2.47. The normalized spacial score (nSPS) is 13.4. The highest BCUT2D eigenvalue weighted by molar-refractivity contribution is 5.81. The van der Waals surface area contributed by atoms with Crippen molar-refractivity contribution in [3.63, 3.8) is 0 Å². The molecule has 0 saturated carbocycles. The molecule has 0 aliphatic rings. The lowest BCUT2D eigenvalue weighted by atomic mass is 9.98. The average Bonchev–Trinajstić information content (AvgIpc) is 2.35. The summed E-state index contributed by atoms with van der Waals surface area (Å²) < 4.78 is 0. The van der Waals surface area contributed by atoms with Gasteiger partial charge in [0.15, 0.2) is 0 Å². The second kappa shape index (κ2) is 6.09. The molecule has 0 saturated heterocycles. The molecule has 0 fully saturated rings. The first-order valence-electron chi connectivity index (χ1n) is 5.42. The van der Waals surface area contributed by atoms with E-state index >= 15 is 0 Å². The lowest BCUT2D eigenvalue weighted by molar-refractivity contribution is -0.124. The standard InChI is InChI=1S/C14H16O2/c1-3-13(15)11(2)14(16)10-9-12-7-5-4-6-8-12/h4-8,11,14,16H,3H2,1-2H3/t11-,14-/m0/s1. The minimum absolute atomic E-state index is 0.0369. The number of hydrogen-bond acceptors (Lipinski definition) is 2. The van der Waals surface area contributed by atoms with Gasteiger partial charge in [-0.05, 0) is 12.1 Å². The number of carbonyl (C=O) groups excluding carboxylic acids is 1. The summed E-state index contributed by atoms with van der Waals surface area (Å²) in [6.45, 7) is 3.49. The van der Waals surface area contributed by atoms with Crippen molar-refractivity contribution in [2.45, 2.75) is 26.4 Å². The highest BCUT2D eigenvalue weighted by atomic mass is 16.3. The molecule has 0 unspecified atom stereocenters. The van der Waals surface area contributed by atoms with Crippen LogP contribution in [0.1, 0.15) is 25.8 Å². The van der Waals surface area contributed by atoms with Crippen molar-refractivity contribution in [2.75, 3.05) is 0 Å². The third-order valence-electron chi connectivity index (χ3n) is 2.47. The molecule has 16 heavy (non-hydrogen) atoms. The minimum Gasteiger partial charge on any atom is -0.380 e. The van der Waals surface area contributed by atoms with E-state index in [1.165, 1.54) is 0 Å². The number of ketones is 1. The second-order valence-electron chi connectivity index (χ2n) is 3.69. The van der Waals surface area contributed by atoms with Crippen molar-refractivity contribution >= 4 is 5.78 Å². The Morgan fingerprint density at radius 3 is 2.56 bits per heavy atom. The van der Waals surface area contributed by atoms with Crippen LogP contribution < -0.4 is 0 Å². The summed E-state index contributed by atoms with van der Waals surface area (Å²) in [5.41, 5.74) is 0.845. The van der Waals surface area contributed by atoms with Gasteiger partial charge >= 0.3 is 0 Å². The van der Waals surface area contributed by atoms with E-state index in [0.717, 1.165) is 5.56 Å². The van der Waals surface area contributed by atoms with Gasteiger partial charge in [-0.25, -0.2) is 0 Å². The van der Waals surface area contributed by atoms with Crippen LogP contribution in [0.4, 0.5) is 0 Å². The summed E-state index contributed by atoms with van der Waals surface area (Å²) in [4.78, 5) is 11.3. The predicted molar refractivity (Wildman–Crippen MR) is 63.8 cm³/mol. The van der Waals surface area contributed by atoms with Crippen LogP contribution in [0.5, 0.6) is 0 Å². The van der Waals surface area contributed by atoms with Gasteiger partial charge in [0.1, 0.15) is 11.9 Å². The first-order chi connectivity index (χ1) is 7.65. The zero-order valence-corrected chi connectivity index (χ0v) is 9.60. The van der Waals surface area contributed by atoms with Crippen LogP contribution in [0.3, 0.4) is 0 Å². The Balaban J connectivity index is 2.68. The van der Waals surface area contributed by atoms with Crippen LogP contribution >= 0.6 is 0 Å². The summed E-state index contributed by atoms with van der Waals surface area (Å²) in [6, 6.07) is 9.41. The fraction of sp³-hybridized carbons (Fsp3) is 0.357. The Kier molecular flexibility index (Phi) is 4.75. The first-order valence-corrected chi connectivity index (χ1v) is 5.42. The Labute approximate surface area is 96.3 Å². The Morgan fingerprint density at radius 1 is 1.38 bits per heavy atom. The fourth-order valence-electron chi connectivity index (χ4n) is 1.30. The Morgan fingerprint density at radius 2 is 2.00 bits per heavy atom. The van der Waals surface area contributed by atoms with Gasteiger partial charge in [0.05, 0.1) is 5.92 Å². The SMILES string of the molecule is CCC(=O)[C@H](C)[C@@H](O)C#Cc1ccccc1. The number of aliphatic hydroxyl groups excluding tert-OH is 1. The molecule has 0 aliphatic carbocycles. The van der Waals surface area contributed by atoms with Gasteiger partial charge in [-0.3, -0.25) is 4.79 Å². The summed E-state index contributed by atoms with van der Waals surface area (Å²) in [6.07, 6.45) is -0.446. The molecule has 0 radical (unpaired) electrons. The number of hydrogen-bond donors (Lipinski definition) is 1. The molecule has 2 nitrogen and oxygen atoms in total. The van der Waals surface area contributed by atoms with E-state index in [1.807, 2.05) is 30.3 Å². The van der Waals surface area contributed by atoms with Crippen LogP contribution in [0.15, 0.2) is 30.3 Å². The average molecular weight is 216 g/mol. The number of benzene rings is 1. The van der Waals surface area contributed by atoms with E-state index in [2.05, 4.69) is 11.8 Å². The fourth-order valence-corrected chi connectivity index (χ4v) is 1.30. The molecule has 0 bridgehead atoms. The van der Waals surface area contributed by atoms with Gasteiger partial charge in [-0.15, -0.1) is 0 Å². The monoisotopic (exact) mass is 216 g/mol. The van der Waals surface area contributed by atoms with Gasteiger partial charge in [-0.1, -0.05) is 43.9 Å². The van der Waals surface area contributed by atoms with Gasteiger partial charge in [0.25, 0.3) is 0 Å². The van der Waals surface area contributed by atoms with Crippen molar-refractivity contribution in [3.8, 4) is 11.8 Å². The highest BCUT2D eigenvalue weighted by Crippen LogP contribution is 2.06. The molecule has 1 rings (SSSR count). The number of rotatable bonds is 3. The molecule has 0 spiro atoms. The van der Waals surface area contributed by atoms with Crippen LogP contribution in [0, 0.1) is 17.8 Å². The molecule has 2 heteroatoms.